The molecule has 1 fully saturated rings. The van der Waals surface area contributed by atoms with Crippen LogP contribution in [0.3, 0.4) is 0 Å². The van der Waals surface area contributed by atoms with E-state index in [9.17, 15) is 4.79 Å². The van der Waals surface area contributed by atoms with Gasteiger partial charge in [-0.2, -0.15) is 0 Å². The number of hydrogen-bond acceptors (Lipinski definition) is 6. The zero-order chi connectivity index (χ0) is 19.6. The monoisotopic (exact) mass is 404 g/mol. The average Bonchev–Trinajstić information content (AvgIpc) is 3.42. The van der Waals surface area contributed by atoms with Gasteiger partial charge in [0.1, 0.15) is 5.69 Å². The van der Waals surface area contributed by atoms with E-state index in [4.69, 9.17) is 0 Å². The molecule has 0 radical (unpaired) electrons. The van der Waals surface area contributed by atoms with Crippen LogP contribution >= 0.6 is 11.3 Å². The van der Waals surface area contributed by atoms with Crippen molar-refractivity contribution in [2.45, 2.75) is 0 Å². The van der Waals surface area contributed by atoms with Gasteiger partial charge in [0.2, 0.25) is 0 Å². The summed E-state index contributed by atoms with van der Waals surface area (Å²) >= 11 is 1.45. The molecular formula is C21H20N6OS. The first-order valence-corrected chi connectivity index (χ1v) is 10.4. The summed E-state index contributed by atoms with van der Waals surface area (Å²) in [5.41, 5.74) is 3.17. The lowest BCUT2D eigenvalue weighted by Gasteiger charge is -2.30. The Morgan fingerprint density at radius 1 is 1.14 bits per heavy atom. The van der Waals surface area contributed by atoms with Gasteiger partial charge in [-0.25, -0.2) is 4.98 Å². The molecule has 1 amide bonds. The van der Waals surface area contributed by atoms with Crippen molar-refractivity contribution in [2.24, 2.45) is 0 Å². The Morgan fingerprint density at radius 2 is 2.00 bits per heavy atom. The number of anilines is 2. The van der Waals surface area contributed by atoms with E-state index < -0.39 is 0 Å². The number of pyridine rings is 1. The maximum Gasteiger partial charge on any atom is 0.275 e. The molecule has 1 aromatic carbocycles. The summed E-state index contributed by atoms with van der Waals surface area (Å²) in [6, 6.07) is 12.1. The summed E-state index contributed by atoms with van der Waals surface area (Å²) in [5.74, 6) is -0.228. The molecule has 1 aliphatic rings. The highest BCUT2D eigenvalue weighted by molar-refractivity contribution is 7.12. The summed E-state index contributed by atoms with van der Waals surface area (Å²) in [4.78, 5) is 23.9. The number of carbonyl (C=O) groups is 1. The highest BCUT2D eigenvalue weighted by Gasteiger charge is 2.18. The minimum Gasteiger partial charge on any atom is -0.367 e. The number of piperazine rings is 1. The Hall–Kier alpha value is -3.23. The second-order valence-electron chi connectivity index (χ2n) is 6.84. The summed E-state index contributed by atoms with van der Waals surface area (Å²) < 4.78 is 2.01. The minimum absolute atomic E-state index is 0.228. The smallest absolute Gasteiger partial charge is 0.275 e. The third kappa shape index (κ3) is 3.48. The molecule has 0 aliphatic carbocycles. The minimum atomic E-state index is -0.228. The molecule has 7 nitrogen and oxygen atoms in total. The van der Waals surface area contributed by atoms with Gasteiger partial charge in [0.25, 0.3) is 5.91 Å². The molecule has 2 N–H and O–H groups in total. The van der Waals surface area contributed by atoms with Gasteiger partial charge in [-0.15, -0.1) is 11.3 Å². The van der Waals surface area contributed by atoms with Gasteiger partial charge in [-0.3, -0.25) is 14.3 Å². The number of rotatable bonds is 4. The zero-order valence-electron chi connectivity index (χ0n) is 15.7. The number of aromatic nitrogens is 3. The lowest BCUT2D eigenvalue weighted by molar-refractivity contribution is 0.102. The Morgan fingerprint density at radius 3 is 2.90 bits per heavy atom. The van der Waals surface area contributed by atoms with E-state index in [0.29, 0.717) is 11.4 Å². The maximum atomic E-state index is 12.9. The summed E-state index contributed by atoms with van der Waals surface area (Å²) in [7, 11) is 0. The number of para-hydroxylation sites is 1. The molecule has 3 aromatic heterocycles. The summed E-state index contributed by atoms with van der Waals surface area (Å²) in [5, 5.41) is 10.0. The van der Waals surface area contributed by atoms with Crippen LogP contribution in [0.25, 0.3) is 16.0 Å². The first-order valence-electron chi connectivity index (χ1n) is 9.52. The van der Waals surface area contributed by atoms with Gasteiger partial charge in [0.15, 0.2) is 5.13 Å². The number of nitrogens with one attached hydrogen (secondary N) is 2. The molecule has 0 bridgehead atoms. The van der Waals surface area contributed by atoms with Crippen LogP contribution < -0.4 is 15.5 Å². The fourth-order valence-electron chi connectivity index (χ4n) is 3.58. The average molecular weight is 404 g/mol. The molecule has 0 saturated carbocycles. The summed E-state index contributed by atoms with van der Waals surface area (Å²) in [6.07, 6.45) is 5.43. The van der Waals surface area contributed by atoms with E-state index in [1.165, 1.54) is 11.3 Å². The van der Waals surface area contributed by atoms with Crippen LogP contribution in [0.4, 0.5) is 11.4 Å². The lowest BCUT2D eigenvalue weighted by atomic mass is 10.2. The summed E-state index contributed by atoms with van der Waals surface area (Å²) in [6.45, 7) is 3.65. The Balaban J connectivity index is 1.39. The number of nitrogens with zero attached hydrogens (tertiary/aromatic N) is 4. The fraction of sp³-hybridized carbons (Fsp3) is 0.190. The van der Waals surface area contributed by atoms with E-state index in [-0.39, 0.29) is 5.91 Å². The number of benzene rings is 1. The van der Waals surface area contributed by atoms with Crippen LogP contribution in [0.1, 0.15) is 10.5 Å². The molecule has 0 spiro atoms. The largest absolute Gasteiger partial charge is 0.367 e. The predicted octanol–water partition coefficient (Wildman–Crippen LogP) is 3.14. The molecule has 0 unspecified atom stereocenters. The van der Waals surface area contributed by atoms with Crippen molar-refractivity contribution < 1.29 is 4.79 Å². The number of amides is 1. The molecule has 8 heteroatoms. The van der Waals surface area contributed by atoms with Gasteiger partial charge in [0.05, 0.1) is 23.1 Å². The van der Waals surface area contributed by atoms with E-state index in [1.807, 2.05) is 41.1 Å². The lowest BCUT2D eigenvalue weighted by Crippen LogP contribution is -2.43. The van der Waals surface area contributed by atoms with Crippen molar-refractivity contribution in [3.05, 3.63) is 66.1 Å². The Kier molecular flexibility index (Phi) is 4.71. The molecule has 5 rings (SSSR count). The molecule has 4 aromatic rings. The third-order valence-corrected chi connectivity index (χ3v) is 5.87. The SMILES string of the molecule is O=C(Nc1cnccc1N1CCNCC1)c1csc(-n2ccc3ccccc32)n1. The number of thiazole rings is 1. The highest BCUT2D eigenvalue weighted by Crippen LogP contribution is 2.27. The van der Waals surface area contributed by atoms with Gasteiger partial charge in [0, 0.05) is 49.3 Å². The van der Waals surface area contributed by atoms with Gasteiger partial charge in [-0.1, -0.05) is 18.2 Å². The van der Waals surface area contributed by atoms with Crippen LogP contribution in [-0.2, 0) is 0 Å². The van der Waals surface area contributed by atoms with Crippen LogP contribution in [0.5, 0.6) is 0 Å². The Bertz CT molecular complexity index is 1160. The van der Waals surface area contributed by atoms with Crippen LogP contribution in [0.2, 0.25) is 0 Å². The standard InChI is InChI=1S/C21H20N6OS/c28-20(24-16-13-23-7-5-19(16)26-11-8-22-9-12-26)17-14-29-21(25-17)27-10-6-15-3-1-2-4-18(15)27/h1-7,10,13-14,22H,8-9,11-12H2,(H,24,28). The molecule has 4 heterocycles. The number of carbonyl (C=O) groups excluding carboxylic acids is 1. The van der Waals surface area contributed by atoms with E-state index in [2.05, 4.69) is 31.6 Å². The quantitative estimate of drug-likeness (QED) is 0.547. The van der Waals surface area contributed by atoms with Crippen LogP contribution in [0.15, 0.2) is 60.4 Å². The molecular weight excluding hydrogens is 384 g/mol. The zero-order valence-corrected chi connectivity index (χ0v) is 16.5. The second kappa shape index (κ2) is 7.65. The van der Waals surface area contributed by atoms with Gasteiger partial charge >= 0.3 is 0 Å². The van der Waals surface area contributed by atoms with Crippen molar-refractivity contribution in [3.63, 3.8) is 0 Å². The van der Waals surface area contributed by atoms with Crippen molar-refractivity contribution in [3.8, 4) is 5.13 Å². The van der Waals surface area contributed by atoms with Gasteiger partial charge in [-0.05, 0) is 18.2 Å². The Labute approximate surface area is 172 Å². The van der Waals surface area contributed by atoms with Crippen LogP contribution in [0, 0.1) is 0 Å². The predicted molar refractivity (Wildman–Crippen MR) is 116 cm³/mol. The first-order chi connectivity index (χ1) is 14.3. The van der Waals surface area contributed by atoms with Crippen molar-refractivity contribution in [1.82, 2.24) is 19.9 Å². The topological polar surface area (TPSA) is 75.1 Å². The number of hydrogen-bond donors (Lipinski definition) is 2. The molecule has 1 aliphatic heterocycles. The molecule has 1 saturated heterocycles. The van der Waals surface area contributed by atoms with E-state index in [0.717, 1.165) is 47.9 Å². The van der Waals surface area contributed by atoms with Crippen molar-refractivity contribution in [2.75, 3.05) is 36.4 Å². The van der Waals surface area contributed by atoms with E-state index >= 15 is 0 Å². The molecule has 146 valence electrons. The van der Waals surface area contributed by atoms with Crippen molar-refractivity contribution >= 4 is 39.5 Å². The first kappa shape index (κ1) is 17.8. The third-order valence-electron chi connectivity index (χ3n) is 5.03. The highest BCUT2D eigenvalue weighted by atomic mass is 32.1. The molecule has 0 atom stereocenters. The molecule has 29 heavy (non-hydrogen) atoms. The van der Waals surface area contributed by atoms with Crippen molar-refractivity contribution in [1.29, 1.82) is 0 Å². The van der Waals surface area contributed by atoms with Gasteiger partial charge < -0.3 is 15.5 Å². The normalized spacial score (nSPS) is 14.3. The van der Waals surface area contributed by atoms with Crippen LogP contribution in [-0.4, -0.2) is 46.6 Å². The van der Waals surface area contributed by atoms with E-state index in [1.54, 1.807) is 17.8 Å². The second-order valence-corrected chi connectivity index (χ2v) is 7.68. The maximum absolute atomic E-state index is 12.9. The fourth-order valence-corrected chi connectivity index (χ4v) is 4.38. The number of fused-ring (bicyclic) bond motifs is 1.